The molecule has 2 heterocycles. The van der Waals surface area contributed by atoms with Crippen LogP contribution in [-0.2, 0) is 6.42 Å². The summed E-state index contributed by atoms with van der Waals surface area (Å²) in [5.41, 5.74) is 1.00. The Kier molecular flexibility index (Phi) is 3.41. The van der Waals surface area contributed by atoms with Crippen molar-refractivity contribution in [2.45, 2.75) is 26.3 Å². The molecule has 0 aliphatic carbocycles. The molecule has 0 aliphatic rings. The molecule has 16 heavy (non-hydrogen) atoms. The maximum absolute atomic E-state index is 5.48. The highest BCUT2D eigenvalue weighted by Gasteiger charge is 2.10. The Bertz CT molecular complexity index is 461. The van der Waals surface area contributed by atoms with E-state index in [0.29, 0.717) is 6.04 Å². The molecule has 2 aromatic heterocycles. The van der Waals surface area contributed by atoms with Crippen molar-refractivity contribution in [1.29, 1.82) is 0 Å². The van der Waals surface area contributed by atoms with Crippen molar-refractivity contribution in [1.82, 2.24) is 10.3 Å². The maximum Gasteiger partial charge on any atom is 0.236 e. The lowest BCUT2D eigenvalue weighted by atomic mass is 10.2. The minimum Gasteiger partial charge on any atom is -0.444 e. The molecule has 0 spiro atoms. The molecule has 0 aliphatic heterocycles. The Morgan fingerprint density at radius 2 is 2.31 bits per heavy atom. The van der Waals surface area contributed by atoms with Crippen LogP contribution >= 0.6 is 11.3 Å². The van der Waals surface area contributed by atoms with Gasteiger partial charge in [-0.05, 0) is 33.0 Å². The van der Waals surface area contributed by atoms with Crippen LogP contribution in [-0.4, -0.2) is 18.1 Å². The van der Waals surface area contributed by atoms with Crippen molar-refractivity contribution in [3.8, 4) is 10.8 Å². The highest BCUT2D eigenvalue weighted by Crippen LogP contribution is 2.26. The summed E-state index contributed by atoms with van der Waals surface area (Å²) in [5.74, 6) is 0.733. The molecule has 4 heteroatoms. The highest BCUT2D eigenvalue weighted by atomic mass is 32.1. The molecule has 2 aromatic rings. The number of aromatic nitrogens is 1. The second-order valence-corrected chi connectivity index (χ2v) is 5.24. The number of oxazole rings is 1. The molecule has 0 fully saturated rings. The lowest BCUT2D eigenvalue weighted by molar-refractivity contribution is 0.566. The number of hydrogen-bond donors (Lipinski definition) is 1. The molecule has 2 rings (SSSR count). The largest absolute Gasteiger partial charge is 0.444 e. The van der Waals surface area contributed by atoms with E-state index >= 15 is 0 Å². The van der Waals surface area contributed by atoms with Crippen LogP contribution in [0.1, 0.15) is 17.5 Å². The van der Waals surface area contributed by atoms with Gasteiger partial charge in [0, 0.05) is 17.3 Å². The quantitative estimate of drug-likeness (QED) is 0.887. The van der Waals surface area contributed by atoms with Crippen molar-refractivity contribution in [2.24, 2.45) is 0 Å². The van der Waals surface area contributed by atoms with E-state index in [1.165, 1.54) is 4.88 Å². The first-order valence-electron chi connectivity index (χ1n) is 5.37. The number of thiophene rings is 1. The molecular weight excluding hydrogens is 220 g/mol. The fourth-order valence-electron chi connectivity index (χ4n) is 1.48. The Morgan fingerprint density at radius 1 is 1.50 bits per heavy atom. The van der Waals surface area contributed by atoms with Crippen molar-refractivity contribution in [2.75, 3.05) is 7.05 Å². The third-order valence-corrected chi connectivity index (χ3v) is 3.50. The van der Waals surface area contributed by atoms with E-state index in [-0.39, 0.29) is 0 Å². The first-order valence-corrected chi connectivity index (χ1v) is 6.19. The van der Waals surface area contributed by atoms with E-state index < -0.39 is 0 Å². The first kappa shape index (κ1) is 11.4. The van der Waals surface area contributed by atoms with E-state index in [1.807, 2.05) is 7.05 Å². The summed E-state index contributed by atoms with van der Waals surface area (Å²) in [4.78, 5) is 6.86. The van der Waals surface area contributed by atoms with Gasteiger partial charge in [-0.2, -0.15) is 0 Å². The Balaban J connectivity index is 2.13. The summed E-state index contributed by atoms with van der Waals surface area (Å²) < 4.78 is 5.48. The number of nitrogens with zero attached hydrogens (tertiary/aromatic N) is 1. The lowest BCUT2D eigenvalue weighted by Gasteiger charge is -2.05. The van der Waals surface area contributed by atoms with Gasteiger partial charge in [-0.1, -0.05) is 0 Å². The van der Waals surface area contributed by atoms with E-state index in [1.54, 1.807) is 17.6 Å². The molecule has 0 bridgehead atoms. The topological polar surface area (TPSA) is 38.1 Å². The summed E-state index contributed by atoms with van der Waals surface area (Å²) in [6, 6.07) is 4.56. The molecule has 0 saturated heterocycles. The highest BCUT2D eigenvalue weighted by molar-refractivity contribution is 7.15. The Hall–Kier alpha value is -1.13. The zero-order valence-electron chi connectivity index (χ0n) is 9.78. The third kappa shape index (κ3) is 2.51. The third-order valence-electron chi connectivity index (χ3n) is 2.51. The Morgan fingerprint density at radius 3 is 2.94 bits per heavy atom. The second-order valence-electron chi connectivity index (χ2n) is 3.95. The average molecular weight is 236 g/mol. The monoisotopic (exact) mass is 236 g/mol. The zero-order chi connectivity index (χ0) is 11.5. The van der Waals surface area contributed by atoms with Gasteiger partial charge in [0.05, 0.1) is 10.6 Å². The van der Waals surface area contributed by atoms with Crippen molar-refractivity contribution in [3.05, 3.63) is 29.0 Å². The van der Waals surface area contributed by atoms with Crippen LogP contribution in [0, 0.1) is 6.92 Å². The molecule has 3 nitrogen and oxygen atoms in total. The van der Waals surface area contributed by atoms with Gasteiger partial charge in [-0.25, -0.2) is 4.98 Å². The molecule has 0 saturated carbocycles. The van der Waals surface area contributed by atoms with Crippen LogP contribution in [0.2, 0.25) is 0 Å². The van der Waals surface area contributed by atoms with Gasteiger partial charge in [-0.15, -0.1) is 11.3 Å². The van der Waals surface area contributed by atoms with Gasteiger partial charge in [0.2, 0.25) is 5.89 Å². The summed E-state index contributed by atoms with van der Waals surface area (Å²) in [6.45, 7) is 4.21. The minimum absolute atomic E-state index is 0.419. The van der Waals surface area contributed by atoms with Crippen molar-refractivity contribution >= 4 is 11.3 Å². The molecule has 0 aromatic carbocycles. The SMILES string of the molecule is CNC(C)Cc1coc(-c2ccc(C)s2)n1. The van der Waals surface area contributed by atoms with Gasteiger partial charge in [0.15, 0.2) is 0 Å². The number of likely N-dealkylation sites (N-methyl/N-ethyl adjacent to an activating group) is 1. The number of aryl methyl sites for hydroxylation is 1. The Labute approximate surface area is 99.5 Å². The van der Waals surface area contributed by atoms with Crippen LogP contribution in [0.15, 0.2) is 22.8 Å². The van der Waals surface area contributed by atoms with Gasteiger partial charge in [0.25, 0.3) is 0 Å². The predicted molar refractivity (Wildman–Crippen MR) is 66.8 cm³/mol. The summed E-state index contributed by atoms with van der Waals surface area (Å²) in [5, 5.41) is 3.19. The van der Waals surface area contributed by atoms with E-state index in [9.17, 15) is 0 Å². The van der Waals surface area contributed by atoms with Gasteiger partial charge < -0.3 is 9.73 Å². The molecule has 86 valence electrons. The fourth-order valence-corrected chi connectivity index (χ4v) is 2.28. The van der Waals surface area contributed by atoms with Crippen LogP contribution in [0.5, 0.6) is 0 Å². The fraction of sp³-hybridized carbons (Fsp3) is 0.417. The van der Waals surface area contributed by atoms with Gasteiger partial charge in [0.1, 0.15) is 6.26 Å². The van der Waals surface area contributed by atoms with Crippen LogP contribution in [0.3, 0.4) is 0 Å². The van der Waals surface area contributed by atoms with E-state index in [4.69, 9.17) is 4.42 Å². The van der Waals surface area contributed by atoms with Crippen molar-refractivity contribution < 1.29 is 4.42 Å². The molecule has 1 N–H and O–H groups in total. The minimum atomic E-state index is 0.419. The average Bonchev–Trinajstić information content (AvgIpc) is 2.87. The van der Waals surface area contributed by atoms with E-state index in [0.717, 1.165) is 22.9 Å². The number of nitrogens with one attached hydrogen (secondary N) is 1. The van der Waals surface area contributed by atoms with Gasteiger partial charge >= 0.3 is 0 Å². The van der Waals surface area contributed by atoms with Gasteiger partial charge in [-0.3, -0.25) is 0 Å². The van der Waals surface area contributed by atoms with Crippen LogP contribution < -0.4 is 5.32 Å². The first-order chi connectivity index (χ1) is 7.69. The normalized spacial score (nSPS) is 12.9. The maximum atomic E-state index is 5.48. The number of hydrogen-bond acceptors (Lipinski definition) is 4. The predicted octanol–water partition coefficient (Wildman–Crippen LogP) is 2.86. The number of rotatable bonds is 4. The lowest BCUT2D eigenvalue weighted by Crippen LogP contribution is -2.23. The van der Waals surface area contributed by atoms with Crippen LogP contribution in [0.4, 0.5) is 0 Å². The standard InChI is InChI=1S/C12H16N2OS/c1-8(13-3)6-10-7-15-12(14-10)11-5-4-9(2)16-11/h4-5,7-8,13H,6H2,1-3H3. The summed E-state index contributed by atoms with van der Waals surface area (Å²) in [7, 11) is 1.95. The molecule has 1 atom stereocenters. The summed E-state index contributed by atoms with van der Waals surface area (Å²) in [6.07, 6.45) is 2.64. The van der Waals surface area contributed by atoms with Crippen LogP contribution in [0.25, 0.3) is 10.8 Å². The second kappa shape index (κ2) is 4.80. The molecule has 0 radical (unpaired) electrons. The molecule has 0 amide bonds. The molecule has 1 unspecified atom stereocenters. The van der Waals surface area contributed by atoms with Crippen molar-refractivity contribution in [3.63, 3.8) is 0 Å². The summed E-state index contributed by atoms with van der Waals surface area (Å²) >= 11 is 1.71. The smallest absolute Gasteiger partial charge is 0.236 e. The molecular formula is C12H16N2OS. The zero-order valence-corrected chi connectivity index (χ0v) is 10.6. The van der Waals surface area contributed by atoms with E-state index in [2.05, 4.69) is 36.3 Å².